The first-order chi connectivity index (χ1) is 31.7. The Bertz CT molecular complexity index is 4220. The lowest BCUT2D eigenvalue weighted by Gasteiger charge is -2.13. The van der Waals surface area contributed by atoms with E-state index in [0.717, 1.165) is 91.3 Å². The zero-order chi connectivity index (χ0) is 41.9. The van der Waals surface area contributed by atoms with Gasteiger partial charge in [0.25, 0.3) is 0 Å². The summed E-state index contributed by atoms with van der Waals surface area (Å²) in [6.45, 7) is 0. The van der Waals surface area contributed by atoms with Crippen molar-refractivity contribution in [3.05, 3.63) is 188 Å². The zero-order valence-corrected chi connectivity index (χ0v) is 35.5. The number of para-hydroxylation sites is 2. The molecule has 0 aliphatic rings. The van der Waals surface area contributed by atoms with E-state index in [1.807, 2.05) is 42.7 Å². The Morgan fingerprint density at radius 2 is 1.05 bits per heavy atom. The summed E-state index contributed by atoms with van der Waals surface area (Å²) in [7, 11) is 0. The molecule has 0 fully saturated rings. The van der Waals surface area contributed by atoms with Crippen LogP contribution in [0.15, 0.2) is 193 Å². The van der Waals surface area contributed by atoms with Gasteiger partial charge in [0.05, 0.1) is 15.7 Å². The largest absolute Gasteiger partial charge is 0.456 e. The monoisotopic (exact) mass is 853 g/mol. The SMILES string of the molecule is c1ccc(-c2nc(-c3cccc4c3sc3ccccc34)nc(-c3cc(-n4c5ccccc5c5cc(-c6ccc7oc8ccccc8c7c6)ccc54)cc4c3sc3cnccc34)n2)cc1. The maximum Gasteiger partial charge on any atom is 0.165 e. The van der Waals surface area contributed by atoms with Crippen molar-refractivity contribution in [1.82, 2.24) is 24.5 Å². The van der Waals surface area contributed by atoms with Gasteiger partial charge in [-0.1, -0.05) is 109 Å². The molecule has 14 rings (SSSR count). The Balaban J connectivity index is 1.02. The van der Waals surface area contributed by atoms with Crippen LogP contribution in [0.4, 0.5) is 0 Å². The number of fused-ring (bicyclic) bond motifs is 12. The number of hydrogen-bond acceptors (Lipinski definition) is 7. The van der Waals surface area contributed by atoms with Gasteiger partial charge in [-0.15, -0.1) is 22.7 Å². The summed E-state index contributed by atoms with van der Waals surface area (Å²) in [5.74, 6) is 1.90. The van der Waals surface area contributed by atoms with Gasteiger partial charge in [0.1, 0.15) is 11.2 Å². The zero-order valence-electron chi connectivity index (χ0n) is 33.9. The Morgan fingerprint density at radius 1 is 0.391 bits per heavy atom. The first-order valence-corrected chi connectivity index (χ1v) is 22.8. The van der Waals surface area contributed by atoms with Crippen molar-refractivity contribution in [2.24, 2.45) is 0 Å². The molecule has 64 heavy (non-hydrogen) atoms. The lowest BCUT2D eigenvalue weighted by Crippen LogP contribution is -2.01. The number of nitrogens with zero attached hydrogens (tertiary/aromatic N) is 5. The average Bonchev–Trinajstić information content (AvgIpc) is 4.12. The van der Waals surface area contributed by atoms with Gasteiger partial charge in [0.15, 0.2) is 17.5 Å². The van der Waals surface area contributed by atoms with Crippen LogP contribution in [0, 0.1) is 0 Å². The molecule has 6 aromatic heterocycles. The summed E-state index contributed by atoms with van der Waals surface area (Å²) in [5, 5.41) is 9.32. The highest BCUT2D eigenvalue weighted by molar-refractivity contribution is 7.26. The smallest absolute Gasteiger partial charge is 0.165 e. The maximum absolute atomic E-state index is 6.18. The van der Waals surface area contributed by atoms with E-state index in [1.54, 1.807) is 22.7 Å². The van der Waals surface area contributed by atoms with Gasteiger partial charge in [0.2, 0.25) is 0 Å². The molecule has 6 nitrogen and oxygen atoms in total. The Hall–Kier alpha value is -8.04. The van der Waals surface area contributed by atoms with E-state index < -0.39 is 0 Å². The van der Waals surface area contributed by atoms with E-state index in [4.69, 9.17) is 19.4 Å². The van der Waals surface area contributed by atoms with Crippen molar-refractivity contribution in [1.29, 1.82) is 0 Å². The third kappa shape index (κ3) is 5.36. The van der Waals surface area contributed by atoms with Gasteiger partial charge in [-0.2, -0.15) is 0 Å². The standard InChI is InChI=1S/C56H31N5OS2/c1-2-11-32(12-3-1)54-58-55(41-17-10-16-40-38-15-6-9-20-50(38)63-52(40)41)60-56(59-54)45-30-35(29-44-39-25-26-57-31-51(39)64-53(44)45)61-46-18-7-4-13-36(46)42-27-33(21-23-47(42)61)34-22-24-49-43(28-34)37-14-5-8-19-48(37)62-49/h1-31H. The molecule has 0 amide bonds. The van der Waals surface area contributed by atoms with Gasteiger partial charge in [-0.25, -0.2) is 15.0 Å². The highest BCUT2D eigenvalue weighted by Crippen LogP contribution is 2.45. The van der Waals surface area contributed by atoms with Crippen molar-refractivity contribution >= 4 is 107 Å². The van der Waals surface area contributed by atoms with Crippen molar-refractivity contribution in [3.63, 3.8) is 0 Å². The highest BCUT2D eigenvalue weighted by atomic mass is 32.1. The fraction of sp³-hybridized carbons (Fsp3) is 0. The number of pyridine rings is 1. The second kappa shape index (κ2) is 13.7. The molecule has 0 unspecified atom stereocenters. The van der Waals surface area contributed by atoms with E-state index in [-0.39, 0.29) is 0 Å². The molecule has 8 aromatic carbocycles. The molecule has 0 spiro atoms. The number of benzene rings is 8. The fourth-order valence-corrected chi connectivity index (χ4v) is 12.0. The number of thiophene rings is 2. The summed E-state index contributed by atoms with van der Waals surface area (Å²) >= 11 is 3.51. The number of hydrogen-bond donors (Lipinski definition) is 0. The van der Waals surface area contributed by atoms with Crippen LogP contribution in [0.25, 0.3) is 135 Å². The van der Waals surface area contributed by atoms with Gasteiger partial charge in [-0.3, -0.25) is 4.98 Å². The molecule has 0 aliphatic heterocycles. The molecule has 298 valence electrons. The van der Waals surface area contributed by atoms with E-state index in [2.05, 4.69) is 155 Å². The minimum Gasteiger partial charge on any atom is -0.456 e. The number of furan rings is 1. The van der Waals surface area contributed by atoms with Gasteiger partial charge < -0.3 is 8.98 Å². The van der Waals surface area contributed by atoms with Crippen LogP contribution < -0.4 is 0 Å². The topological polar surface area (TPSA) is 69.6 Å². The van der Waals surface area contributed by atoms with E-state index >= 15 is 0 Å². The van der Waals surface area contributed by atoms with Crippen molar-refractivity contribution in [2.45, 2.75) is 0 Å². The first-order valence-electron chi connectivity index (χ1n) is 21.2. The van der Waals surface area contributed by atoms with Crippen LogP contribution in [0.3, 0.4) is 0 Å². The van der Waals surface area contributed by atoms with Crippen LogP contribution >= 0.6 is 22.7 Å². The van der Waals surface area contributed by atoms with Crippen LogP contribution in [0.1, 0.15) is 0 Å². The van der Waals surface area contributed by atoms with Crippen LogP contribution in [0.5, 0.6) is 0 Å². The van der Waals surface area contributed by atoms with E-state index in [1.165, 1.54) is 26.2 Å². The van der Waals surface area contributed by atoms with Crippen molar-refractivity contribution in [2.75, 3.05) is 0 Å². The van der Waals surface area contributed by atoms with Crippen molar-refractivity contribution < 1.29 is 4.42 Å². The number of rotatable bonds is 5. The average molecular weight is 854 g/mol. The maximum atomic E-state index is 6.18. The molecule has 0 atom stereocenters. The molecule has 0 bridgehead atoms. The minimum atomic E-state index is 0.624. The molecule has 6 heterocycles. The van der Waals surface area contributed by atoms with Crippen LogP contribution in [0.2, 0.25) is 0 Å². The lowest BCUT2D eigenvalue weighted by atomic mass is 10.0. The van der Waals surface area contributed by atoms with Gasteiger partial charge in [-0.05, 0) is 77.9 Å². The number of aromatic nitrogens is 5. The summed E-state index contributed by atoms with van der Waals surface area (Å²) < 4.78 is 13.2. The predicted molar refractivity (Wildman–Crippen MR) is 267 cm³/mol. The second-order valence-corrected chi connectivity index (χ2v) is 18.3. The third-order valence-corrected chi connectivity index (χ3v) is 15.0. The van der Waals surface area contributed by atoms with E-state index in [0.29, 0.717) is 17.5 Å². The quantitative estimate of drug-likeness (QED) is 0.172. The molecule has 14 aromatic rings. The summed E-state index contributed by atoms with van der Waals surface area (Å²) in [6.07, 6.45) is 3.85. The molecule has 0 aliphatic carbocycles. The second-order valence-electron chi connectivity index (χ2n) is 16.2. The molecular formula is C56H31N5OS2. The molecule has 0 saturated carbocycles. The normalized spacial score (nSPS) is 12.1. The third-order valence-electron chi connectivity index (χ3n) is 12.6. The Kier molecular flexibility index (Phi) is 7.63. The molecule has 0 N–H and O–H groups in total. The summed E-state index contributed by atoms with van der Waals surface area (Å²) in [5.41, 5.74) is 10.2. The molecular weight excluding hydrogens is 823 g/mol. The van der Waals surface area contributed by atoms with Gasteiger partial charge in [0, 0.05) is 92.0 Å². The predicted octanol–water partition coefficient (Wildman–Crippen LogP) is 15.7. The summed E-state index contributed by atoms with van der Waals surface area (Å²) in [6, 6.07) is 62.3. The molecule has 0 saturated heterocycles. The van der Waals surface area contributed by atoms with Crippen molar-refractivity contribution in [3.8, 4) is 51.0 Å². The molecule has 8 heteroatoms. The highest BCUT2D eigenvalue weighted by Gasteiger charge is 2.22. The summed E-state index contributed by atoms with van der Waals surface area (Å²) in [4.78, 5) is 20.5. The lowest BCUT2D eigenvalue weighted by molar-refractivity contribution is 0.669. The Labute approximate surface area is 373 Å². The van der Waals surface area contributed by atoms with Gasteiger partial charge >= 0.3 is 0 Å². The minimum absolute atomic E-state index is 0.624. The van der Waals surface area contributed by atoms with Crippen LogP contribution in [-0.2, 0) is 0 Å². The fourth-order valence-electron chi connectivity index (χ4n) is 9.61. The Morgan fingerprint density at radius 3 is 1.95 bits per heavy atom. The molecule has 0 radical (unpaired) electrons. The van der Waals surface area contributed by atoms with Crippen LogP contribution in [-0.4, -0.2) is 24.5 Å². The first kappa shape index (κ1) is 35.5. The van der Waals surface area contributed by atoms with E-state index in [9.17, 15) is 0 Å².